The minimum Gasteiger partial charge on any atom is -0.507 e. The predicted octanol–water partition coefficient (Wildman–Crippen LogP) is 1.03. The highest BCUT2D eigenvalue weighted by Crippen LogP contribution is 2.24. The SMILES string of the molecule is NC1CCN(C2CCN(C(=O)c3ccccc3O)C2)CC1. The van der Waals surface area contributed by atoms with Gasteiger partial charge in [-0.15, -0.1) is 0 Å². The third kappa shape index (κ3) is 3.04. The maximum Gasteiger partial charge on any atom is 0.257 e. The van der Waals surface area contributed by atoms with Crippen LogP contribution in [-0.2, 0) is 0 Å². The number of likely N-dealkylation sites (tertiary alicyclic amines) is 2. The molecule has 3 rings (SSSR count). The number of carbonyl (C=O) groups excluding carboxylic acids is 1. The van der Waals surface area contributed by atoms with E-state index in [1.807, 2.05) is 4.90 Å². The van der Waals surface area contributed by atoms with Gasteiger partial charge in [-0.05, 0) is 44.5 Å². The summed E-state index contributed by atoms with van der Waals surface area (Å²) in [6.45, 7) is 3.58. The van der Waals surface area contributed by atoms with Gasteiger partial charge in [0.2, 0.25) is 0 Å². The molecule has 21 heavy (non-hydrogen) atoms. The molecule has 5 heteroatoms. The zero-order valence-electron chi connectivity index (χ0n) is 12.2. The lowest BCUT2D eigenvalue weighted by molar-refractivity contribution is 0.0766. The van der Waals surface area contributed by atoms with Gasteiger partial charge < -0.3 is 15.7 Å². The Morgan fingerprint density at radius 2 is 1.86 bits per heavy atom. The van der Waals surface area contributed by atoms with Crippen molar-refractivity contribution in [3.05, 3.63) is 29.8 Å². The normalized spacial score (nSPS) is 24.4. The summed E-state index contributed by atoms with van der Waals surface area (Å²) in [6.07, 6.45) is 3.10. The van der Waals surface area contributed by atoms with Crippen molar-refractivity contribution in [2.24, 2.45) is 5.73 Å². The molecular weight excluding hydrogens is 266 g/mol. The average Bonchev–Trinajstić information content (AvgIpc) is 2.98. The Hall–Kier alpha value is -1.59. The lowest BCUT2D eigenvalue weighted by Gasteiger charge is -2.34. The molecule has 1 aromatic rings. The number of nitrogens with zero attached hydrogens (tertiary/aromatic N) is 2. The quantitative estimate of drug-likeness (QED) is 0.853. The second-order valence-electron chi connectivity index (χ2n) is 6.08. The summed E-state index contributed by atoms with van der Waals surface area (Å²) < 4.78 is 0. The number of phenols is 1. The van der Waals surface area contributed by atoms with E-state index in [4.69, 9.17) is 5.73 Å². The molecule has 2 fully saturated rings. The van der Waals surface area contributed by atoms with Crippen molar-refractivity contribution in [1.29, 1.82) is 0 Å². The minimum absolute atomic E-state index is 0.0647. The van der Waals surface area contributed by atoms with Crippen molar-refractivity contribution >= 4 is 5.91 Å². The van der Waals surface area contributed by atoms with Crippen LogP contribution in [0.1, 0.15) is 29.6 Å². The fourth-order valence-electron chi connectivity index (χ4n) is 3.33. The molecule has 5 nitrogen and oxygen atoms in total. The number of piperidine rings is 1. The summed E-state index contributed by atoms with van der Waals surface area (Å²) in [6, 6.07) is 7.54. The van der Waals surface area contributed by atoms with Crippen LogP contribution in [-0.4, -0.2) is 59.1 Å². The molecule has 0 spiro atoms. The molecule has 1 aromatic carbocycles. The third-order valence-corrected chi connectivity index (χ3v) is 4.68. The molecule has 2 saturated heterocycles. The van der Waals surface area contributed by atoms with Crippen molar-refractivity contribution in [3.63, 3.8) is 0 Å². The van der Waals surface area contributed by atoms with Gasteiger partial charge in [0.1, 0.15) is 5.75 Å². The predicted molar refractivity (Wildman–Crippen MR) is 81.2 cm³/mol. The number of hydrogen-bond acceptors (Lipinski definition) is 4. The van der Waals surface area contributed by atoms with Crippen LogP contribution in [0.2, 0.25) is 0 Å². The van der Waals surface area contributed by atoms with Crippen molar-refractivity contribution in [2.75, 3.05) is 26.2 Å². The molecular formula is C16H23N3O2. The minimum atomic E-state index is -0.0655. The van der Waals surface area contributed by atoms with Crippen LogP contribution >= 0.6 is 0 Å². The van der Waals surface area contributed by atoms with Crippen LogP contribution in [0.5, 0.6) is 5.75 Å². The lowest BCUT2D eigenvalue weighted by atomic mass is 10.0. The molecule has 1 unspecified atom stereocenters. The highest BCUT2D eigenvalue weighted by atomic mass is 16.3. The number of nitrogens with two attached hydrogens (primary N) is 1. The van der Waals surface area contributed by atoms with Gasteiger partial charge in [-0.25, -0.2) is 0 Å². The lowest BCUT2D eigenvalue weighted by Crippen LogP contribution is -2.46. The van der Waals surface area contributed by atoms with E-state index in [0.717, 1.165) is 45.4 Å². The van der Waals surface area contributed by atoms with Crippen LogP contribution in [0, 0.1) is 0 Å². The molecule has 0 aliphatic carbocycles. The summed E-state index contributed by atoms with van der Waals surface area (Å²) in [5.41, 5.74) is 6.35. The van der Waals surface area contributed by atoms with Gasteiger partial charge in [-0.2, -0.15) is 0 Å². The molecule has 0 aromatic heterocycles. The number of amides is 1. The van der Waals surface area contributed by atoms with E-state index in [1.54, 1.807) is 24.3 Å². The summed E-state index contributed by atoms with van der Waals surface area (Å²) >= 11 is 0. The van der Waals surface area contributed by atoms with Gasteiger partial charge >= 0.3 is 0 Å². The van der Waals surface area contributed by atoms with E-state index >= 15 is 0 Å². The number of phenolic OH excluding ortho intramolecular Hbond substituents is 1. The largest absolute Gasteiger partial charge is 0.507 e. The Kier molecular flexibility index (Phi) is 4.12. The molecule has 0 radical (unpaired) electrons. The molecule has 3 N–H and O–H groups in total. The van der Waals surface area contributed by atoms with E-state index in [9.17, 15) is 9.90 Å². The molecule has 1 amide bonds. The number of para-hydroxylation sites is 1. The standard InChI is InChI=1S/C16H23N3O2/c17-12-5-8-18(9-6-12)13-7-10-19(11-13)16(21)14-3-1-2-4-15(14)20/h1-4,12-13,20H,5-11,17H2. The Morgan fingerprint density at radius 1 is 1.14 bits per heavy atom. The Balaban J connectivity index is 1.62. The zero-order chi connectivity index (χ0) is 14.8. The molecule has 1 atom stereocenters. The summed E-state index contributed by atoms with van der Waals surface area (Å²) in [7, 11) is 0. The average molecular weight is 289 g/mol. The second-order valence-corrected chi connectivity index (χ2v) is 6.08. The Bertz CT molecular complexity index is 512. The van der Waals surface area contributed by atoms with E-state index in [0.29, 0.717) is 17.6 Å². The van der Waals surface area contributed by atoms with E-state index in [1.165, 1.54) is 0 Å². The van der Waals surface area contributed by atoms with Gasteiger partial charge in [0.15, 0.2) is 0 Å². The maximum atomic E-state index is 12.5. The van der Waals surface area contributed by atoms with Gasteiger partial charge in [0.25, 0.3) is 5.91 Å². The van der Waals surface area contributed by atoms with Gasteiger partial charge in [-0.1, -0.05) is 12.1 Å². The number of aromatic hydroxyl groups is 1. The first kappa shape index (κ1) is 14.4. The summed E-state index contributed by atoms with van der Waals surface area (Å²) in [5.74, 6) is -0.000734. The van der Waals surface area contributed by atoms with Gasteiger partial charge in [-0.3, -0.25) is 9.69 Å². The first-order valence-corrected chi connectivity index (χ1v) is 7.72. The van der Waals surface area contributed by atoms with Crippen molar-refractivity contribution in [3.8, 4) is 5.75 Å². The number of benzene rings is 1. The Morgan fingerprint density at radius 3 is 2.57 bits per heavy atom. The van der Waals surface area contributed by atoms with Crippen LogP contribution < -0.4 is 5.73 Å². The highest BCUT2D eigenvalue weighted by Gasteiger charge is 2.32. The van der Waals surface area contributed by atoms with Crippen LogP contribution in [0.3, 0.4) is 0 Å². The fraction of sp³-hybridized carbons (Fsp3) is 0.562. The molecule has 0 saturated carbocycles. The first-order chi connectivity index (χ1) is 10.1. The smallest absolute Gasteiger partial charge is 0.257 e. The van der Waals surface area contributed by atoms with Crippen molar-refractivity contribution in [2.45, 2.75) is 31.3 Å². The topological polar surface area (TPSA) is 69.8 Å². The van der Waals surface area contributed by atoms with Crippen LogP contribution in [0.4, 0.5) is 0 Å². The van der Waals surface area contributed by atoms with Gasteiger partial charge in [0, 0.05) is 25.2 Å². The Labute approximate surface area is 125 Å². The van der Waals surface area contributed by atoms with Crippen molar-refractivity contribution < 1.29 is 9.90 Å². The van der Waals surface area contributed by atoms with Crippen molar-refractivity contribution in [1.82, 2.24) is 9.80 Å². The molecule has 0 bridgehead atoms. The number of rotatable bonds is 2. The third-order valence-electron chi connectivity index (χ3n) is 4.68. The molecule has 114 valence electrons. The highest BCUT2D eigenvalue weighted by molar-refractivity contribution is 5.97. The van der Waals surface area contributed by atoms with Crippen LogP contribution in [0.25, 0.3) is 0 Å². The second kappa shape index (κ2) is 6.03. The van der Waals surface area contributed by atoms with E-state index in [2.05, 4.69) is 4.90 Å². The molecule has 2 aliphatic heterocycles. The number of hydrogen-bond donors (Lipinski definition) is 2. The zero-order valence-corrected chi connectivity index (χ0v) is 12.2. The van der Waals surface area contributed by atoms with Gasteiger partial charge in [0.05, 0.1) is 5.56 Å². The summed E-state index contributed by atoms with van der Waals surface area (Å²) in [4.78, 5) is 16.8. The fourth-order valence-corrected chi connectivity index (χ4v) is 3.33. The van der Waals surface area contributed by atoms with E-state index < -0.39 is 0 Å². The molecule has 2 heterocycles. The molecule has 2 aliphatic rings. The maximum absolute atomic E-state index is 12.5. The summed E-state index contributed by atoms with van der Waals surface area (Å²) in [5, 5.41) is 9.81. The first-order valence-electron chi connectivity index (χ1n) is 7.72. The number of carbonyl (C=O) groups is 1. The van der Waals surface area contributed by atoms with E-state index in [-0.39, 0.29) is 11.7 Å². The monoisotopic (exact) mass is 289 g/mol. The van der Waals surface area contributed by atoms with Crippen LogP contribution in [0.15, 0.2) is 24.3 Å².